The van der Waals surface area contributed by atoms with E-state index in [2.05, 4.69) is 11.4 Å². The summed E-state index contributed by atoms with van der Waals surface area (Å²) < 4.78 is 16.9. The molecule has 2 fully saturated rings. The summed E-state index contributed by atoms with van der Waals surface area (Å²) in [5, 5.41) is 9.28. The van der Waals surface area contributed by atoms with Crippen molar-refractivity contribution in [3.63, 3.8) is 0 Å². The van der Waals surface area contributed by atoms with Gasteiger partial charge in [0.05, 0.1) is 46.8 Å². The number of thioether (sulfide) groups is 2. The van der Waals surface area contributed by atoms with Gasteiger partial charge in [0.15, 0.2) is 0 Å². The molecule has 0 amide bonds. The number of hydrogen-bond acceptors (Lipinski definition) is 9. The first-order valence-corrected chi connectivity index (χ1v) is 16.2. The highest BCUT2D eigenvalue weighted by Crippen LogP contribution is 2.57. The van der Waals surface area contributed by atoms with Gasteiger partial charge in [0.1, 0.15) is 5.75 Å². The second-order valence-electron chi connectivity index (χ2n) is 11.0. The van der Waals surface area contributed by atoms with Crippen LogP contribution >= 0.6 is 23.5 Å². The second kappa shape index (κ2) is 15.3. The number of benzene rings is 1. The number of ether oxygens (including phenoxy) is 3. The van der Waals surface area contributed by atoms with Gasteiger partial charge in [-0.2, -0.15) is 0 Å². The van der Waals surface area contributed by atoms with Crippen LogP contribution in [0.4, 0.5) is 0 Å². The molecule has 4 rings (SSSR count). The molecule has 1 aromatic carbocycles. The van der Waals surface area contributed by atoms with E-state index in [-0.39, 0.29) is 29.5 Å². The summed E-state index contributed by atoms with van der Waals surface area (Å²) in [5.41, 5.74) is 1.08. The first-order valence-electron chi connectivity index (χ1n) is 14.5. The molecule has 222 valence electrons. The number of allylic oxidation sites excluding steroid dienone is 1. The molecular weight excluding hydrogens is 572 g/mol. The summed E-state index contributed by atoms with van der Waals surface area (Å²) in [5.74, 6) is 0.666. The molecule has 42 heavy (non-hydrogen) atoms. The first kappa shape index (κ1) is 31.7. The molecule has 0 saturated heterocycles. The molecule has 0 spiro atoms. The third kappa shape index (κ3) is 7.99. The predicted molar refractivity (Wildman–Crippen MR) is 160 cm³/mol. The van der Waals surface area contributed by atoms with Crippen LogP contribution < -0.4 is 4.74 Å². The topological polar surface area (TPSA) is 107 Å². The highest BCUT2D eigenvalue weighted by Gasteiger charge is 2.36. The van der Waals surface area contributed by atoms with E-state index in [4.69, 9.17) is 20.8 Å². The van der Waals surface area contributed by atoms with Crippen LogP contribution in [0.15, 0.2) is 44.5 Å². The number of carbonyl (C=O) groups excluding carboxylic acids is 3. The fraction of sp³-hybridized carbons (Fsp3) is 0.531. The Kier molecular flexibility index (Phi) is 11.6. The van der Waals surface area contributed by atoms with Crippen LogP contribution in [0.25, 0.3) is 4.85 Å². The van der Waals surface area contributed by atoms with Crippen molar-refractivity contribution in [2.75, 3.05) is 13.2 Å². The van der Waals surface area contributed by atoms with Crippen LogP contribution in [-0.2, 0) is 23.9 Å². The lowest BCUT2D eigenvalue weighted by Gasteiger charge is -2.36. The third-order valence-corrected chi connectivity index (χ3v) is 11.1. The number of nitrogens with zero attached hydrogens (tertiary/aromatic N) is 2. The van der Waals surface area contributed by atoms with Crippen molar-refractivity contribution in [3.05, 3.63) is 51.7 Å². The molecule has 0 unspecified atom stereocenters. The molecule has 8 nitrogen and oxygen atoms in total. The van der Waals surface area contributed by atoms with E-state index in [0.29, 0.717) is 47.9 Å². The summed E-state index contributed by atoms with van der Waals surface area (Å²) in [7, 11) is 0. The molecule has 0 radical (unpaired) electrons. The van der Waals surface area contributed by atoms with Crippen molar-refractivity contribution in [1.29, 1.82) is 5.26 Å². The zero-order valence-electron chi connectivity index (χ0n) is 23.9. The lowest BCUT2D eigenvalue weighted by Crippen LogP contribution is -2.31. The normalized spacial score (nSPS) is 24.4. The van der Waals surface area contributed by atoms with Gasteiger partial charge >= 0.3 is 17.9 Å². The van der Waals surface area contributed by atoms with E-state index in [0.717, 1.165) is 72.8 Å². The molecule has 10 heteroatoms. The van der Waals surface area contributed by atoms with Crippen LogP contribution in [0.3, 0.4) is 0 Å². The van der Waals surface area contributed by atoms with Crippen LogP contribution in [0.5, 0.6) is 5.75 Å². The summed E-state index contributed by atoms with van der Waals surface area (Å²) in [4.78, 5) is 41.8. The lowest BCUT2D eigenvalue weighted by atomic mass is 9.69. The second-order valence-corrected chi connectivity index (χ2v) is 13.3. The van der Waals surface area contributed by atoms with E-state index >= 15 is 0 Å². The maximum Gasteiger partial charge on any atom is 0.330 e. The van der Waals surface area contributed by atoms with Crippen molar-refractivity contribution >= 4 is 41.4 Å². The molecule has 1 aromatic rings. The van der Waals surface area contributed by atoms with Crippen molar-refractivity contribution in [2.45, 2.75) is 80.9 Å². The molecule has 1 heterocycles. The van der Waals surface area contributed by atoms with Crippen LogP contribution in [0.1, 0.15) is 69.8 Å². The number of unbranched alkanes of at least 4 members (excludes halogenated alkanes) is 1. The van der Waals surface area contributed by atoms with Gasteiger partial charge in [-0.25, -0.2) is 14.9 Å². The zero-order chi connectivity index (χ0) is 30.1. The standard InChI is InChI=1S/C32H36N2O6S2/c1-4-27(35)38-17-5-6-18-39-30(36)23-12-8-21(9-13-23)22-10-14-24(15-11-22)31(37)40-26-16-7-20(2)28-29(26)42-32(41-28)25(19-33)34-3/h4,7,16,21-24H,1,5-6,8-15,17-18H2,2H3/b32-25-. The maximum absolute atomic E-state index is 13.1. The molecule has 2 aliphatic carbocycles. The van der Waals surface area contributed by atoms with Crippen molar-refractivity contribution in [2.24, 2.45) is 23.7 Å². The van der Waals surface area contributed by atoms with E-state index in [1.807, 2.05) is 25.1 Å². The summed E-state index contributed by atoms with van der Waals surface area (Å²) in [6.07, 6.45) is 9.69. The Balaban J connectivity index is 1.19. The SMILES string of the molecule is [C-]#[N+]/C(C#N)=C1/Sc2c(C)ccc(OC(=O)C3CCC(C4CCC(C(=O)OCCCCOC(=O)C=C)CC4)CC3)c2S1. The highest BCUT2D eigenvalue weighted by molar-refractivity contribution is 8.24. The number of fused-ring (bicyclic) bond motifs is 1. The van der Waals surface area contributed by atoms with Crippen molar-refractivity contribution in [1.82, 2.24) is 0 Å². The molecule has 2 saturated carbocycles. The first-order chi connectivity index (χ1) is 20.3. The Morgan fingerprint density at radius 3 is 2.10 bits per heavy atom. The molecule has 1 aliphatic heterocycles. The number of carbonyl (C=O) groups is 3. The Labute approximate surface area is 256 Å². The van der Waals surface area contributed by atoms with Gasteiger partial charge in [0.25, 0.3) is 5.70 Å². The van der Waals surface area contributed by atoms with Gasteiger partial charge in [0.2, 0.25) is 0 Å². The average molecular weight is 609 g/mol. The Morgan fingerprint density at radius 2 is 1.52 bits per heavy atom. The summed E-state index contributed by atoms with van der Waals surface area (Å²) in [6, 6.07) is 5.68. The molecule has 0 N–H and O–H groups in total. The third-order valence-electron chi connectivity index (χ3n) is 8.36. The zero-order valence-corrected chi connectivity index (χ0v) is 25.5. The molecule has 3 aliphatic rings. The van der Waals surface area contributed by atoms with Gasteiger partial charge in [0, 0.05) is 11.0 Å². The molecule has 0 bridgehead atoms. The number of aryl methyl sites for hydroxylation is 1. The number of nitriles is 1. The van der Waals surface area contributed by atoms with Gasteiger partial charge in [-0.15, -0.1) is 0 Å². The smallest absolute Gasteiger partial charge is 0.330 e. The minimum Gasteiger partial charge on any atom is -0.465 e. The van der Waals surface area contributed by atoms with Crippen LogP contribution in [-0.4, -0.2) is 31.1 Å². The van der Waals surface area contributed by atoms with Gasteiger partial charge in [-0.1, -0.05) is 36.2 Å². The summed E-state index contributed by atoms with van der Waals surface area (Å²) >= 11 is 2.72. The van der Waals surface area contributed by atoms with Crippen LogP contribution in [0.2, 0.25) is 0 Å². The highest BCUT2D eigenvalue weighted by atomic mass is 32.2. The van der Waals surface area contributed by atoms with Crippen molar-refractivity contribution in [3.8, 4) is 11.8 Å². The van der Waals surface area contributed by atoms with Gasteiger partial charge < -0.3 is 14.2 Å². The molecule has 0 atom stereocenters. The average Bonchev–Trinajstić information content (AvgIpc) is 3.47. The number of hydrogen-bond donors (Lipinski definition) is 0. The Morgan fingerprint density at radius 1 is 0.952 bits per heavy atom. The predicted octanol–water partition coefficient (Wildman–Crippen LogP) is 7.38. The maximum atomic E-state index is 13.1. The van der Waals surface area contributed by atoms with Crippen LogP contribution in [0, 0.1) is 48.5 Å². The molecular formula is C32H36N2O6S2. The van der Waals surface area contributed by atoms with E-state index in [1.165, 1.54) is 23.5 Å². The quantitative estimate of drug-likeness (QED) is 0.0672. The monoisotopic (exact) mass is 608 g/mol. The number of esters is 3. The van der Waals surface area contributed by atoms with Crippen molar-refractivity contribution < 1.29 is 28.6 Å². The lowest BCUT2D eigenvalue weighted by molar-refractivity contribution is -0.151. The Bertz CT molecular complexity index is 1300. The minimum absolute atomic E-state index is 0.0483. The van der Waals surface area contributed by atoms with Gasteiger partial charge in [-0.05, 0) is 94.6 Å². The molecule has 0 aromatic heterocycles. The Hall–Kier alpha value is -3.21. The number of rotatable bonds is 10. The van der Waals surface area contributed by atoms with E-state index < -0.39 is 5.97 Å². The largest absolute Gasteiger partial charge is 0.465 e. The fourth-order valence-electron chi connectivity index (χ4n) is 5.94. The minimum atomic E-state index is -0.442. The van der Waals surface area contributed by atoms with Gasteiger partial charge in [-0.3, -0.25) is 9.59 Å². The fourth-order valence-corrected chi connectivity index (χ4v) is 8.49. The summed E-state index contributed by atoms with van der Waals surface area (Å²) in [6.45, 7) is 13.2. The van der Waals surface area contributed by atoms with E-state index in [1.54, 1.807) is 0 Å². The van der Waals surface area contributed by atoms with E-state index in [9.17, 15) is 19.6 Å².